The third kappa shape index (κ3) is 11.3. The minimum Gasteiger partial charge on any atom is -0.462 e. The summed E-state index contributed by atoms with van der Waals surface area (Å²) in [4.78, 5) is 58.6. The van der Waals surface area contributed by atoms with E-state index in [-0.39, 0.29) is 68.3 Å². The van der Waals surface area contributed by atoms with Crippen LogP contribution in [0.5, 0.6) is 0 Å². The highest BCUT2D eigenvalue weighted by molar-refractivity contribution is 5.83. The van der Waals surface area contributed by atoms with Gasteiger partial charge in [0.25, 0.3) is 0 Å². The Labute approximate surface area is 160 Å². The highest BCUT2D eigenvalue weighted by Crippen LogP contribution is 2.16. The second-order valence-electron chi connectivity index (χ2n) is 7.21. The Hall–Kier alpha value is -2.05. The standard InChI is InChI=1S/C20H30O7/c1-14(21)12-17-6-4-3-5-7-19(24)27-18(13-15(2)22)10-8-16(23)9-11-20(25)26-17/h17-18H,3-13H2,1-2H3. The lowest BCUT2D eigenvalue weighted by Crippen LogP contribution is -2.23. The lowest BCUT2D eigenvalue weighted by molar-refractivity contribution is -0.151. The van der Waals surface area contributed by atoms with Crippen molar-refractivity contribution < 1.29 is 33.4 Å². The fourth-order valence-electron chi connectivity index (χ4n) is 3.04. The molecule has 152 valence electrons. The number of cyclic esters (lactones) is 2. The van der Waals surface area contributed by atoms with E-state index in [0.29, 0.717) is 19.3 Å². The van der Waals surface area contributed by atoms with Gasteiger partial charge in [-0.1, -0.05) is 6.42 Å². The molecule has 0 spiro atoms. The summed E-state index contributed by atoms with van der Waals surface area (Å²) in [6.07, 6.45) is 2.43. The first-order chi connectivity index (χ1) is 12.8. The van der Waals surface area contributed by atoms with Crippen molar-refractivity contribution in [2.45, 2.75) is 96.7 Å². The van der Waals surface area contributed by atoms with Gasteiger partial charge in [0.15, 0.2) is 0 Å². The van der Waals surface area contributed by atoms with Crippen molar-refractivity contribution in [2.24, 2.45) is 0 Å². The minimum absolute atomic E-state index is 0.0341. The predicted octanol–water partition coefficient (Wildman–Crippen LogP) is 2.86. The Bertz CT molecular complexity index is 553. The molecule has 7 nitrogen and oxygen atoms in total. The Morgan fingerprint density at radius 3 is 1.89 bits per heavy atom. The lowest BCUT2D eigenvalue weighted by Gasteiger charge is -2.18. The third-order valence-electron chi connectivity index (χ3n) is 4.39. The van der Waals surface area contributed by atoms with E-state index < -0.39 is 18.2 Å². The number of hydrogen-bond acceptors (Lipinski definition) is 7. The second-order valence-corrected chi connectivity index (χ2v) is 7.21. The zero-order valence-electron chi connectivity index (χ0n) is 16.3. The molecule has 0 N–H and O–H groups in total. The van der Waals surface area contributed by atoms with Crippen molar-refractivity contribution in [3.63, 3.8) is 0 Å². The van der Waals surface area contributed by atoms with Crippen LogP contribution in [0.25, 0.3) is 0 Å². The number of ether oxygens (including phenoxy) is 2. The smallest absolute Gasteiger partial charge is 0.306 e. The van der Waals surface area contributed by atoms with Gasteiger partial charge in [0.05, 0.1) is 6.42 Å². The Morgan fingerprint density at radius 2 is 1.30 bits per heavy atom. The summed E-state index contributed by atoms with van der Waals surface area (Å²) in [6.45, 7) is 2.87. The first kappa shape index (κ1) is 23.0. The molecule has 0 aromatic heterocycles. The predicted molar refractivity (Wildman–Crippen MR) is 96.9 cm³/mol. The summed E-state index contributed by atoms with van der Waals surface area (Å²) < 4.78 is 10.7. The van der Waals surface area contributed by atoms with Gasteiger partial charge in [-0.2, -0.15) is 0 Å². The summed E-state index contributed by atoms with van der Waals surface area (Å²) in [5.41, 5.74) is 0. The van der Waals surface area contributed by atoms with Crippen molar-refractivity contribution in [3.05, 3.63) is 0 Å². The molecule has 0 amide bonds. The van der Waals surface area contributed by atoms with E-state index >= 15 is 0 Å². The van der Waals surface area contributed by atoms with Crippen LogP contribution >= 0.6 is 0 Å². The first-order valence-electron chi connectivity index (χ1n) is 9.65. The lowest BCUT2D eigenvalue weighted by atomic mass is 10.0. The van der Waals surface area contributed by atoms with Crippen molar-refractivity contribution in [1.82, 2.24) is 0 Å². The van der Waals surface area contributed by atoms with Gasteiger partial charge in [-0.15, -0.1) is 0 Å². The first-order valence-corrected chi connectivity index (χ1v) is 9.65. The molecule has 0 saturated carbocycles. The molecular formula is C20H30O7. The molecule has 2 unspecified atom stereocenters. The second kappa shape index (κ2) is 12.4. The molecular weight excluding hydrogens is 352 g/mol. The van der Waals surface area contributed by atoms with E-state index in [0.717, 1.165) is 6.42 Å². The average molecular weight is 382 g/mol. The van der Waals surface area contributed by atoms with Crippen LogP contribution in [-0.4, -0.2) is 41.5 Å². The maximum Gasteiger partial charge on any atom is 0.306 e. The molecule has 0 radical (unpaired) electrons. The normalized spacial score (nSPS) is 24.0. The zero-order valence-corrected chi connectivity index (χ0v) is 16.3. The van der Waals surface area contributed by atoms with E-state index in [1.54, 1.807) is 0 Å². The summed E-state index contributed by atoms with van der Waals surface area (Å²) in [6, 6.07) is 0. The van der Waals surface area contributed by atoms with Crippen LogP contribution in [0, 0.1) is 0 Å². The fraction of sp³-hybridized carbons (Fsp3) is 0.750. The van der Waals surface area contributed by atoms with Crippen LogP contribution in [0.4, 0.5) is 0 Å². The minimum atomic E-state index is -0.598. The van der Waals surface area contributed by atoms with E-state index in [1.165, 1.54) is 13.8 Å². The molecule has 1 rings (SSSR count). The molecule has 1 fully saturated rings. The van der Waals surface area contributed by atoms with Crippen LogP contribution in [0.15, 0.2) is 0 Å². The van der Waals surface area contributed by atoms with Crippen molar-refractivity contribution >= 4 is 29.3 Å². The fourth-order valence-corrected chi connectivity index (χ4v) is 3.04. The van der Waals surface area contributed by atoms with Crippen LogP contribution in [0.3, 0.4) is 0 Å². The van der Waals surface area contributed by atoms with E-state index in [9.17, 15) is 24.0 Å². The number of carbonyl (C=O) groups excluding carboxylic acids is 5. The van der Waals surface area contributed by atoms with Crippen molar-refractivity contribution in [2.75, 3.05) is 0 Å². The van der Waals surface area contributed by atoms with Gasteiger partial charge >= 0.3 is 11.9 Å². The molecule has 0 aromatic rings. The maximum atomic E-state index is 12.0. The number of hydrogen-bond donors (Lipinski definition) is 0. The Balaban J connectivity index is 2.70. The van der Waals surface area contributed by atoms with E-state index in [2.05, 4.69) is 0 Å². The zero-order chi connectivity index (χ0) is 20.2. The van der Waals surface area contributed by atoms with E-state index in [4.69, 9.17) is 9.47 Å². The highest BCUT2D eigenvalue weighted by Gasteiger charge is 2.21. The third-order valence-corrected chi connectivity index (χ3v) is 4.39. The molecule has 0 aliphatic carbocycles. The van der Waals surface area contributed by atoms with E-state index in [1.807, 2.05) is 0 Å². The van der Waals surface area contributed by atoms with Crippen LogP contribution in [-0.2, 0) is 33.4 Å². The van der Waals surface area contributed by atoms with Gasteiger partial charge in [-0.3, -0.25) is 24.0 Å². The molecule has 1 heterocycles. The van der Waals surface area contributed by atoms with Gasteiger partial charge < -0.3 is 9.47 Å². The molecule has 1 aliphatic rings. The van der Waals surface area contributed by atoms with Crippen LogP contribution in [0.2, 0.25) is 0 Å². The molecule has 2 atom stereocenters. The number of Topliss-reactive ketones (excluding diaryl/α,β-unsaturated/α-hetero) is 3. The molecule has 0 aromatic carbocycles. The number of rotatable bonds is 4. The number of esters is 2. The number of carbonyl (C=O) groups is 5. The van der Waals surface area contributed by atoms with Gasteiger partial charge in [-0.25, -0.2) is 0 Å². The van der Waals surface area contributed by atoms with Gasteiger partial charge in [0.2, 0.25) is 0 Å². The van der Waals surface area contributed by atoms with Gasteiger partial charge in [0.1, 0.15) is 29.6 Å². The molecule has 1 saturated heterocycles. The maximum absolute atomic E-state index is 12.0. The quantitative estimate of drug-likeness (QED) is 0.689. The highest BCUT2D eigenvalue weighted by atomic mass is 16.5. The summed E-state index contributed by atoms with van der Waals surface area (Å²) in [7, 11) is 0. The average Bonchev–Trinajstić information content (AvgIpc) is 2.55. The topological polar surface area (TPSA) is 104 Å². The molecule has 0 bridgehead atoms. The number of ketones is 3. The van der Waals surface area contributed by atoms with Gasteiger partial charge in [-0.05, 0) is 39.5 Å². The summed E-state index contributed by atoms with van der Waals surface area (Å²) in [5.74, 6) is -1.15. The van der Waals surface area contributed by atoms with Crippen molar-refractivity contribution in [1.29, 1.82) is 0 Å². The van der Waals surface area contributed by atoms with Crippen molar-refractivity contribution in [3.8, 4) is 0 Å². The molecule has 7 heteroatoms. The summed E-state index contributed by atoms with van der Waals surface area (Å²) in [5, 5.41) is 0. The van der Waals surface area contributed by atoms with Gasteiger partial charge in [0, 0.05) is 32.1 Å². The molecule has 1 aliphatic heterocycles. The SMILES string of the molecule is CC(=O)CC1CCCCCC(=O)OC(CC(C)=O)CCC(=O)CCC(=O)O1. The Kier molecular flexibility index (Phi) is 10.5. The van der Waals surface area contributed by atoms with Crippen LogP contribution < -0.4 is 0 Å². The Morgan fingerprint density at radius 1 is 0.741 bits per heavy atom. The molecule has 27 heavy (non-hydrogen) atoms. The largest absolute Gasteiger partial charge is 0.462 e. The summed E-state index contributed by atoms with van der Waals surface area (Å²) >= 11 is 0. The van der Waals surface area contributed by atoms with Crippen LogP contribution in [0.1, 0.15) is 84.5 Å². The monoisotopic (exact) mass is 382 g/mol.